The molecule has 2 aromatic rings. The van der Waals surface area contributed by atoms with Crippen LogP contribution in [0.3, 0.4) is 0 Å². The summed E-state index contributed by atoms with van der Waals surface area (Å²) in [5.41, 5.74) is 0.635. The summed E-state index contributed by atoms with van der Waals surface area (Å²) in [6.07, 6.45) is 0. The number of carbonyl (C=O) groups is 2. The van der Waals surface area contributed by atoms with Gasteiger partial charge in [0.15, 0.2) is 10.9 Å². The second-order valence-electron chi connectivity index (χ2n) is 4.98. The summed E-state index contributed by atoms with van der Waals surface area (Å²) in [5.74, 6) is 0.990. The number of ketones is 1. The molecule has 0 fully saturated rings. The van der Waals surface area contributed by atoms with Crippen LogP contribution in [0.4, 0.5) is 5.13 Å². The Morgan fingerprint density at radius 1 is 1.36 bits per heavy atom. The van der Waals surface area contributed by atoms with Crippen molar-refractivity contribution >= 4 is 39.9 Å². The van der Waals surface area contributed by atoms with E-state index in [1.165, 1.54) is 30.0 Å². The first kappa shape index (κ1) is 16.6. The molecule has 2 aromatic heterocycles. The van der Waals surface area contributed by atoms with Crippen molar-refractivity contribution in [3.05, 3.63) is 16.4 Å². The number of nitrogens with zero attached hydrogens (tertiary/aromatic N) is 3. The molecule has 0 spiro atoms. The van der Waals surface area contributed by atoms with E-state index in [1.54, 1.807) is 6.92 Å². The van der Waals surface area contributed by atoms with Crippen molar-refractivity contribution in [3.8, 4) is 0 Å². The molecular formula is C13H17N5O2S2. The SMILES string of the molecule is CC(=O)c1sc(NC(=O)CSc2n[nH]c(C(C)C)n2)nc1C. The van der Waals surface area contributed by atoms with Crippen molar-refractivity contribution in [2.24, 2.45) is 0 Å². The minimum absolute atomic E-state index is 0.0492. The molecule has 1 amide bonds. The molecule has 0 aliphatic rings. The molecular weight excluding hydrogens is 322 g/mol. The van der Waals surface area contributed by atoms with Crippen molar-refractivity contribution in [2.45, 2.75) is 38.8 Å². The highest BCUT2D eigenvalue weighted by atomic mass is 32.2. The van der Waals surface area contributed by atoms with Crippen LogP contribution in [0.1, 0.15) is 47.9 Å². The van der Waals surface area contributed by atoms with Crippen LogP contribution in [0.15, 0.2) is 5.16 Å². The van der Waals surface area contributed by atoms with Crippen molar-refractivity contribution in [1.82, 2.24) is 20.2 Å². The lowest BCUT2D eigenvalue weighted by Gasteiger charge is -1.99. The summed E-state index contributed by atoms with van der Waals surface area (Å²) in [5, 5.41) is 10.6. The first-order valence-electron chi connectivity index (χ1n) is 6.70. The van der Waals surface area contributed by atoms with Gasteiger partial charge in [-0.3, -0.25) is 14.7 Å². The van der Waals surface area contributed by atoms with E-state index in [4.69, 9.17) is 0 Å². The van der Waals surface area contributed by atoms with Gasteiger partial charge in [-0.05, 0) is 6.92 Å². The molecule has 0 atom stereocenters. The van der Waals surface area contributed by atoms with Gasteiger partial charge in [-0.1, -0.05) is 36.9 Å². The van der Waals surface area contributed by atoms with E-state index < -0.39 is 0 Å². The van der Waals surface area contributed by atoms with Crippen LogP contribution in [0, 0.1) is 6.92 Å². The molecule has 2 rings (SSSR count). The highest BCUT2D eigenvalue weighted by Gasteiger charge is 2.14. The van der Waals surface area contributed by atoms with Crippen LogP contribution in [0.2, 0.25) is 0 Å². The Morgan fingerprint density at radius 2 is 2.09 bits per heavy atom. The Labute approximate surface area is 136 Å². The molecule has 9 heteroatoms. The number of amides is 1. The predicted octanol–water partition coefficient (Wildman–Crippen LogP) is 2.63. The summed E-state index contributed by atoms with van der Waals surface area (Å²) in [4.78, 5) is 32.3. The first-order valence-corrected chi connectivity index (χ1v) is 8.50. The molecule has 2 heterocycles. The third-order valence-corrected chi connectivity index (χ3v) is 4.75. The number of nitrogens with one attached hydrogen (secondary N) is 2. The maximum absolute atomic E-state index is 11.9. The summed E-state index contributed by atoms with van der Waals surface area (Å²) in [7, 11) is 0. The van der Waals surface area contributed by atoms with Gasteiger partial charge < -0.3 is 5.32 Å². The standard InChI is InChI=1S/C13H17N5O2S2/c1-6(2)11-16-13(18-17-11)21-5-9(20)15-12-14-7(3)10(22-12)8(4)19/h6H,5H2,1-4H3,(H,14,15,20)(H,16,17,18). The van der Waals surface area contributed by atoms with Crippen molar-refractivity contribution in [1.29, 1.82) is 0 Å². The second kappa shape index (κ2) is 7.01. The van der Waals surface area contributed by atoms with Crippen LogP contribution in [0.5, 0.6) is 0 Å². The van der Waals surface area contributed by atoms with Crippen molar-refractivity contribution < 1.29 is 9.59 Å². The van der Waals surface area contributed by atoms with Crippen LogP contribution in [-0.2, 0) is 4.79 Å². The summed E-state index contributed by atoms with van der Waals surface area (Å²) >= 11 is 2.43. The largest absolute Gasteiger partial charge is 0.301 e. The van der Waals surface area contributed by atoms with E-state index >= 15 is 0 Å². The zero-order valence-corrected chi connectivity index (χ0v) is 14.4. The summed E-state index contributed by atoms with van der Waals surface area (Å²) in [6.45, 7) is 7.26. The number of carbonyl (C=O) groups excluding carboxylic acids is 2. The number of thiazole rings is 1. The van der Waals surface area contributed by atoms with E-state index in [9.17, 15) is 9.59 Å². The van der Waals surface area contributed by atoms with Gasteiger partial charge in [0, 0.05) is 12.8 Å². The molecule has 7 nitrogen and oxygen atoms in total. The van der Waals surface area contributed by atoms with Gasteiger partial charge in [-0.2, -0.15) is 0 Å². The number of Topliss-reactive ketones (excluding diaryl/α,β-unsaturated/α-hetero) is 1. The zero-order valence-electron chi connectivity index (χ0n) is 12.8. The average molecular weight is 339 g/mol. The lowest BCUT2D eigenvalue weighted by molar-refractivity contribution is -0.113. The molecule has 2 N–H and O–H groups in total. The molecule has 0 unspecified atom stereocenters. The lowest BCUT2D eigenvalue weighted by atomic mass is 10.2. The van der Waals surface area contributed by atoms with E-state index in [1.807, 2.05) is 13.8 Å². The maximum atomic E-state index is 11.9. The van der Waals surface area contributed by atoms with Gasteiger partial charge in [0.25, 0.3) is 0 Å². The number of H-pyrrole nitrogens is 1. The molecule has 0 aromatic carbocycles. The minimum atomic E-state index is -0.204. The monoisotopic (exact) mass is 339 g/mol. The van der Waals surface area contributed by atoms with E-state index in [0.29, 0.717) is 20.9 Å². The average Bonchev–Trinajstić information content (AvgIpc) is 3.03. The molecule has 0 aliphatic heterocycles. The van der Waals surface area contributed by atoms with Crippen molar-refractivity contribution in [2.75, 3.05) is 11.1 Å². The zero-order chi connectivity index (χ0) is 16.3. The van der Waals surface area contributed by atoms with Gasteiger partial charge in [-0.25, -0.2) is 9.97 Å². The third-order valence-electron chi connectivity index (χ3n) is 2.72. The molecule has 0 saturated heterocycles. The number of aryl methyl sites for hydroxylation is 1. The Kier molecular flexibility index (Phi) is 5.30. The van der Waals surface area contributed by atoms with E-state index in [-0.39, 0.29) is 23.4 Å². The highest BCUT2D eigenvalue weighted by molar-refractivity contribution is 7.99. The quantitative estimate of drug-likeness (QED) is 0.620. The number of anilines is 1. The normalized spacial score (nSPS) is 11.0. The van der Waals surface area contributed by atoms with Crippen LogP contribution < -0.4 is 5.32 Å². The smallest absolute Gasteiger partial charge is 0.236 e. The Morgan fingerprint density at radius 3 is 2.64 bits per heavy atom. The number of hydrogen-bond acceptors (Lipinski definition) is 7. The van der Waals surface area contributed by atoms with Gasteiger partial charge in [-0.15, -0.1) is 5.10 Å². The van der Waals surface area contributed by atoms with E-state index in [0.717, 1.165) is 5.82 Å². The van der Waals surface area contributed by atoms with E-state index in [2.05, 4.69) is 25.5 Å². The van der Waals surface area contributed by atoms with Gasteiger partial charge in [0.1, 0.15) is 5.82 Å². The number of aromatic amines is 1. The summed E-state index contributed by atoms with van der Waals surface area (Å²) < 4.78 is 0. The van der Waals surface area contributed by atoms with Crippen LogP contribution in [0.25, 0.3) is 0 Å². The van der Waals surface area contributed by atoms with Gasteiger partial charge in [0.05, 0.1) is 16.3 Å². The Hall–Kier alpha value is -1.74. The molecule has 0 radical (unpaired) electrons. The molecule has 22 heavy (non-hydrogen) atoms. The summed E-state index contributed by atoms with van der Waals surface area (Å²) in [6, 6.07) is 0. The van der Waals surface area contributed by atoms with Crippen LogP contribution in [-0.4, -0.2) is 37.6 Å². The van der Waals surface area contributed by atoms with Crippen molar-refractivity contribution in [3.63, 3.8) is 0 Å². The number of rotatable bonds is 6. The minimum Gasteiger partial charge on any atom is -0.301 e. The number of thioether (sulfide) groups is 1. The first-order chi connectivity index (χ1) is 10.4. The predicted molar refractivity (Wildman–Crippen MR) is 86.7 cm³/mol. The highest BCUT2D eigenvalue weighted by Crippen LogP contribution is 2.23. The van der Waals surface area contributed by atoms with Crippen LogP contribution >= 0.6 is 23.1 Å². The topological polar surface area (TPSA) is 101 Å². The number of hydrogen-bond donors (Lipinski definition) is 2. The fourth-order valence-corrected chi connectivity index (χ4v) is 3.13. The Bertz CT molecular complexity index is 692. The molecule has 118 valence electrons. The molecule has 0 saturated carbocycles. The lowest BCUT2D eigenvalue weighted by Crippen LogP contribution is -2.13. The molecule has 0 aliphatic carbocycles. The fourth-order valence-electron chi connectivity index (χ4n) is 1.64. The Balaban J connectivity index is 1.90. The molecule has 0 bridgehead atoms. The van der Waals surface area contributed by atoms with Gasteiger partial charge >= 0.3 is 0 Å². The third kappa shape index (κ3) is 4.14. The second-order valence-corrected chi connectivity index (χ2v) is 6.93. The van der Waals surface area contributed by atoms with Gasteiger partial charge in [0.2, 0.25) is 11.1 Å². The number of aromatic nitrogens is 4. The maximum Gasteiger partial charge on any atom is 0.236 e. The fraction of sp³-hybridized carbons (Fsp3) is 0.462.